The molecule has 86 valence electrons. The van der Waals surface area contributed by atoms with Gasteiger partial charge in [0.05, 0.1) is 0 Å². The number of carbonyl (C=O) groups is 1. The molecule has 0 saturated carbocycles. The molecule has 0 radical (unpaired) electrons. The van der Waals surface area contributed by atoms with Gasteiger partial charge in [-0.25, -0.2) is 4.79 Å². The smallest absolute Gasteiger partial charge is 0.314 e. The number of benzene rings is 1. The third-order valence-electron chi connectivity index (χ3n) is 2.37. The number of hydrogen-bond acceptors (Lipinski definition) is 1. The van der Waals surface area contributed by atoms with E-state index in [9.17, 15) is 4.79 Å². The van der Waals surface area contributed by atoms with Crippen LogP contribution in [0.4, 0.5) is 10.5 Å². The molecule has 2 N–H and O–H groups in total. The minimum absolute atomic E-state index is 0.216. The number of allylic oxidation sites excluding steroid dienone is 1. The van der Waals surface area contributed by atoms with Crippen LogP contribution in [0.5, 0.6) is 0 Å². The number of rotatable bonds is 3. The summed E-state index contributed by atoms with van der Waals surface area (Å²) in [6.45, 7) is 6.17. The number of amides is 2. The summed E-state index contributed by atoms with van der Waals surface area (Å²) in [5.41, 5.74) is 1.93. The Labute approximate surface area is 96.6 Å². The Kier molecular flexibility index (Phi) is 4.58. The highest BCUT2D eigenvalue weighted by Crippen LogP contribution is 2.07. The van der Waals surface area contributed by atoms with Crippen LogP contribution < -0.4 is 10.6 Å². The van der Waals surface area contributed by atoms with Crippen molar-refractivity contribution >= 4 is 11.7 Å². The quantitative estimate of drug-likeness (QED) is 0.802. The maximum Gasteiger partial charge on any atom is 0.323 e. The predicted molar refractivity (Wildman–Crippen MR) is 67.2 cm³/mol. The van der Waals surface area contributed by atoms with Crippen LogP contribution in [0.3, 0.4) is 0 Å². The molecular weight excluding hydrogens is 200 g/mol. The fourth-order valence-corrected chi connectivity index (χ4v) is 1.03. The summed E-state index contributed by atoms with van der Waals surface area (Å²) < 4.78 is 0. The van der Waals surface area contributed by atoms with Gasteiger partial charge in [0, 0.05) is 11.9 Å². The zero-order chi connectivity index (χ0) is 12.0. The normalized spacial score (nSPS) is 11.4. The van der Waals surface area contributed by atoms with E-state index in [0.29, 0.717) is 5.92 Å². The predicted octanol–water partition coefficient (Wildman–Crippen LogP) is 3.37. The Hall–Kier alpha value is -1.77. The highest BCUT2D eigenvalue weighted by molar-refractivity contribution is 5.89. The van der Waals surface area contributed by atoms with Gasteiger partial charge in [-0.15, -0.1) is 0 Å². The Morgan fingerprint density at radius 1 is 1.25 bits per heavy atom. The molecule has 3 nitrogen and oxygen atoms in total. The minimum atomic E-state index is -0.216. The summed E-state index contributed by atoms with van der Waals surface area (Å²) in [6, 6.07) is 9.14. The van der Waals surface area contributed by atoms with Crippen molar-refractivity contribution in [1.82, 2.24) is 5.32 Å². The molecule has 3 heteroatoms. The van der Waals surface area contributed by atoms with Crippen LogP contribution in [-0.2, 0) is 0 Å². The molecule has 1 aromatic carbocycles. The second-order valence-electron chi connectivity index (χ2n) is 4.01. The topological polar surface area (TPSA) is 41.1 Å². The molecule has 0 heterocycles. The van der Waals surface area contributed by atoms with E-state index in [0.717, 1.165) is 11.3 Å². The van der Waals surface area contributed by atoms with Gasteiger partial charge >= 0.3 is 6.03 Å². The number of anilines is 1. The van der Waals surface area contributed by atoms with Gasteiger partial charge in [0.25, 0.3) is 0 Å². The lowest BCUT2D eigenvalue weighted by molar-refractivity contribution is 0.255. The molecule has 0 atom stereocenters. The first-order chi connectivity index (χ1) is 7.59. The first kappa shape index (κ1) is 12.3. The first-order valence-electron chi connectivity index (χ1n) is 5.39. The number of carbonyl (C=O) groups excluding carboxylic acids is 1. The van der Waals surface area contributed by atoms with Crippen LogP contribution in [-0.4, -0.2) is 6.03 Å². The van der Waals surface area contributed by atoms with Crippen LogP contribution in [0.15, 0.2) is 42.1 Å². The molecule has 0 spiro atoms. The van der Waals surface area contributed by atoms with Crippen LogP contribution in [0.25, 0.3) is 0 Å². The van der Waals surface area contributed by atoms with E-state index in [1.54, 1.807) is 6.20 Å². The van der Waals surface area contributed by atoms with Gasteiger partial charge in [-0.1, -0.05) is 37.6 Å². The van der Waals surface area contributed by atoms with E-state index in [-0.39, 0.29) is 6.03 Å². The minimum Gasteiger partial charge on any atom is -0.314 e. The van der Waals surface area contributed by atoms with Gasteiger partial charge in [-0.05, 0) is 25.0 Å². The third-order valence-corrected chi connectivity index (χ3v) is 2.37. The molecular formula is C13H18N2O. The number of nitrogens with one attached hydrogen (secondary N) is 2. The zero-order valence-electron chi connectivity index (χ0n) is 9.95. The largest absolute Gasteiger partial charge is 0.323 e. The maximum absolute atomic E-state index is 11.5. The Balaban J connectivity index is 2.46. The lowest BCUT2D eigenvalue weighted by atomic mass is 10.1. The molecule has 2 amide bonds. The van der Waals surface area contributed by atoms with Crippen molar-refractivity contribution in [3.8, 4) is 0 Å². The molecule has 1 aromatic rings. The van der Waals surface area contributed by atoms with Crippen molar-refractivity contribution < 1.29 is 4.79 Å². The van der Waals surface area contributed by atoms with Gasteiger partial charge in [-0.2, -0.15) is 0 Å². The third kappa shape index (κ3) is 4.17. The highest BCUT2D eigenvalue weighted by atomic mass is 16.2. The summed E-state index contributed by atoms with van der Waals surface area (Å²) in [5.74, 6) is 0.442. The monoisotopic (exact) mass is 218 g/mol. The zero-order valence-corrected chi connectivity index (χ0v) is 9.95. The summed E-state index contributed by atoms with van der Waals surface area (Å²) in [7, 11) is 0. The van der Waals surface area contributed by atoms with E-state index >= 15 is 0 Å². The number of urea groups is 1. The number of hydrogen-bond donors (Lipinski definition) is 2. The van der Waals surface area contributed by atoms with E-state index in [2.05, 4.69) is 24.5 Å². The average Bonchev–Trinajstić information content (AvgIpc) is 2.27. The highest BCUT2D eigenvalue weighted by Gasteiger charge is 2.00. The SMILES string of the molecule is C/C(=C\NC(=O)Nc1ccccc1)C(C)C. The molecule has 0 aliphatic rings. The molecule has 0 fully saturated rings. The maximum atomic E-state index is 11.5. The molecule has 0 saturated heterocycles. The Morgan fingerprint density at radius 2 is 1.88 bits per heavy atom. The molecule has 0 aliphatic carbocycles. The van der Waals surface area contributed by atoms with Crippen molar-refractivity contribution in [3.63, 3.8) is 0 Å². The standard InChI is InChI=1S/C13H18N2O/c1-10(2)11(3)9-14-13(16)15-12-7-5-4-6-8-12/h4-10H,1-3H3,(H2,14,15,16)/b11-9+. The van der Waals surface area contributed by atoms with Crippen LogP contribution in [0.1, 0.15) is 20.8 Å². The Morgan fingerprint density at radius 3 is 2.44 bits per heavy atom. The fraction of sp³-hybridized carbons (Fsp3) is 0.308. The van der Waals surface area contributed by atoms with Gasteiger partial charge in [0.15, 0.2) is 0 Å². The summed E-state index contributed by atoms with van der Waals surface area (Å²) >= 11 is 0. The molecule has 0 unspecified atom stereocenters. The molecule has 0 aromatic heterocycles. The lowest BCUT2D eigenvalue weighted by Gasteiger charge is -2.07. The first-order valence-corrected chi connectivity index (χ1v) is 5.39. The van der Waals surface area contributed by atoms with Crippen molar-refractivity contribution in [2.75, 3.05) is 5.32 Å². The lowest BCUT2D eigenvalue weighted by Crippen LogP contribution is -2.24. The van der Waals surface area contributed by atoms with Gasteiger partial charge in [0.2, 0.25) is 0 Å². The Bertz CT molecular complexity index is 369. The summed E-state index contributed by atoms with van der Waals surface area (Å²) in [4.78, 5) is 11.5. The van der Waals surface area contributed by atoms with E-state index in [4.69, 9.17) is 0 Å². The van der Waals surface area contributed by atoms with Crippen LogP contribution >= 0.6 is 0 Å². The summed E-state index contributed by atoms with van der Waals surface area (Å²) in [6.07, 6.45) is 1.74. The van der Waals surface area contributed by atoms with E-state index in [1.165, 1.54) is 0 Å². The summed E-state index contributed by atoms with van der Waals surface area (Å²) in [5, 5.41) is 5.44. The second-order valence-corrected chi connectivity index (χ2v) is 4.01. The van der Waals surface area contributed by atoms with Crippen molar-refractivity contribution in [2.24, 2.45) is 5.92 Å². The molecule has 0 bridgehead atoms. The van der Waals surface area contributed by atoms with Gasteiger partial charge in [-0.3, -0.25) is 0 Å². The van der Waals surface area contributed by atoms with Gasteiger partial charge in [0.1, 0.15) is 0 Å². The fourth-order valence-electron chi connectivity index (χ4n) is 1.03. The molecule has 16 heavy (non-hydrogen) atoms. The van der Waals surface area contributed by atoms with Crippen molar-refractivity contribution in [1.29, 1.82) is 0 Å². The van der Waals surface area contributed by atoms with E-state index < -0.39 is 0 Å². The van der Waals surface area contributed by atoms with E-state index in [1.807, 2.05) is 37.3 Å². The average molecular weight is 218 g/mol. The second kappa shape index (κ2) is 5.95. The van der Waals surface area contributed by atoms with Crippen LogP contribution in [0, 0.1) is 5.92 Å². The van der Waals surface area contributed by atoms with Gasteiger partial charge < -0.3 is 10.6 Å². The molecule has 1 rings (SSSR count). The van der Waals surface area contributed by atoms with Crippen molar-refractivity contribution in [3.05, 3.63) is 42.1 Å². The van der Waals surface area contributed by atoms with Crippen LogP contribution in [0.2, 0.25) is 0 Å². The van der Waals surface area contributed by atoms with Crippen molar-refractivity contribution in [2.45, 2.75) is 20.8 Å². The number of para-hydroxylation sites is 1. The molecule has 0 aliphatic heterocycles.